The van der Waals surface area contributed by atoms with Crippen molar-refractivity contribution in [3.63, 3.8) is 0 Å². The Morgan fingerprint density at radius 3 is 2.47 bits per heavy atom. The second kappa shape index (κ2) is 11.4. The number of halogens is 3. The number of methoxy groups -OCH3 is 2. The van der Waals surface area contributed by atoms with E-state index in [9.17, 15) is 22.0 Å². The lowest BCUT2D eigenvalue weighted by Gasteiger charge is -2.30. The molecular weight excluding hydrogens is 606 g/mol. The lowest BCUT2D eigenvalue weighted by atomic mass is 10.0. The highest BCUT2D eigenvalue weighted by Gasteiger charge is 2.48. The molecule has 2 aromatic carbocycles. The summed E-state index contributed by atoms with van der Waals surface area (Å²) in [6.45, 7) is 3.26. The van der Waals surface area contributed by atoms with Crippen LogP contribution in [0.4, 0.5) is 20.4 Å². The number of carbonyl (C=O) groups excluding carboxylic acids is 1. The minimum Gasteiger partial charge on any atom is -0.497 e. The van der Waals surface area contributed by atoms with E-state index in [-0.39, 0.29) is 35.4 Å². The maximum atomic E-state index is 13.9. The molecule has 3 N–H and O–H groups in total. The average Bonchev–Trinajstić information content (AvgIpc) is 3.48. The van der Waals surface area contributed by atoms with E-state index in [1.807, 2.05) is 6.07 Å². The molecule has 0 saturated heterocycles. The predicted molar refractivity (Wildman–Crippen MR) is 155 cm³/mol. The summed E-state index contributed by atoms with van der Waals surface area (Å²) < 4.78 is 66.4. The SMILES string of the molecule is COc1ccc(CNc2nc(Cl)ccc2C(=O)Nc2n[nH]c3c2CN(S(=O)(=O)c2cc(F)cc(F)c2)C3(C)C)c(OC)c1. The monoisotopic (exact) mass is 632 g/mol. The Balaban J connectivity index is 1.39. The number of fused-ring (bicyclic) bond motifs is 1. The first-order valence-corrected chi connectivity index (χ1v) is 14.7. The number of amides is 1. The van der Waals surface area contributed by atoms with Crippen molar-refractivity contribution in [2.24, 2.45) is 0 Å². The van der Waals surface area contributed by atoms with E-state index < -0.39 is 38.0 Å². The fourth-order valence-electron chi connectivity index (χ4n) is 4.89. The Morgan fingerprint density at radius 1 is 1.07 bits per heavy atom. The van der Waals surface area contributed by atoms with Crippen molar-refractivity contribution in [3.05, 3.63) is 87.7 Å². The molecule has 5 rings (SSSR count). The van der Waals surface area contributed by atoms with Crippen molar-refractivity contribution in [3.8, 4) is 11.5 Å². The smallest absolute Gasteiger partial charge is 0.260 e. The number of ether oxygens (including phenoxy) is 2. The molecule has 0 bridgehead atoms. The van der Waals surface area contributed by atoms with E-state index in [0.717, 1.165) is 22.0 Å². The molecule has 0 spiro atoms. The van der Waals surface area contributed by atoms with Crippen LogP contribution in [0.25, 0.3) is 0 Å². The van der Waals surface area contributed by atoms with Gasteiger partial charge in [0.15, 0.2) is 5.82 Å². The number of nitrogens with one attached hydrogen (secondary N) is 3. The average molecular weight is 633 g/mol. The molecule has 15 heteroatoms. The fourth-order valence-corrected chi connectivity index (χ4v) is 6.81. The standard InChI is InChI=1S/C28H27ClF2N6O5S/c1-28(2)24-21(14-37(28)43(39,40)19-10-16(30)9-17(31)11-19)26(36-35-24)34-27(38)20-7-8-23(29)33-25(20)32-13-15-5-6-18(41-3)12-22(15)42-4/h5-12H,13-14H2,1-4H3,(H,32,33)(H2,34,35,36,38). The molecular formula is C28H27ClF2N6O5S. The molecule has 0 saturated carbocycles. The van der Waals surface area contributed by atoms with E-state index in [1.165, 1.54) is 19.2 Å². The number of nitrogens with zero attached hydrogens (tertiary/aromatic N) is 3. The van der Waals surface area contributed by atoms with Gasteiger partial charge in [-0.15, -0.1) is 0 Å². The van der Waals surface area contributed by atoms with E-state index >= 15 is 0 Å². The van der Waals surface area contributed by atoms with Crippen LogP contribution in [-0.2, 0) is 28.7 Å². The van der Waals surface area contributed by atoms with Crippen molar-refractivity contribution < 1.29 is 31.5 Å². The molecule has 1 aliphatic heterocycles. The molecule has 11 nitrogen and oxygen atoms in total. The zero-order valence-electron chi connectivity index (χ0n) is 23.5. The summed E-state index contributed by atoms with van der Waals surface area (Å²) in [4.78, 5) is 17.2. The number of sulfonamides is 1. The van der Waals surface area contributed by atoms with E-state index in [1.54, 1.807) is 33.1 Å². The zero-order valence-corrected chi connectivity index (χ0v) is 25.0. The van der Waals surface area contributed by atoms with Gasteiger partial charge in [-0.1, -0.05) is 11.6 Å². The lowest BCUT2D eigenvalue weighted by Crippen LogP contribution is -2.40. The molecule has 226 valence electrons. The number of hydrogen-bond donors (Lipinski definition) is 3. The molecule has 0 radical (unpaired) electrons. The third kappa shape index (κ3) is 5.72. The number of hydrogen-bond acceptors (Lipinski definition) is 8. The van der Waals surface area contributed by atoms with Crippen LogP contribution in [0.3, 0.4) is 0 Å². The van der Waals surface area contributed by atoms with Gasteiger partial charge < -0.3 is 20.1 Å². The fraction of sp³-hybridized carbons (Fsp3) is 0.250. The van der Waals surface area contributed by atoms with Crippen molar-refractivity contribution in [2.75, 3.05) is 24.9 Å². The predicted octanol–water partition coefficient (Wildman–Crippen LogP) is 5.06. The van der Waals surface area contributed by atoms with Crippen LogP contribution < -0.4 is 20.1 Å². The Kier molecular flexibility index (Phi) is 8.03. The quantitative estimate of drug-likeness (QED) is 0.218. The summed E-state index contributed by atoms with van der Waals surface area (Å²) >= 11 is 6.13. The maximum absolute atomic E-state index is 13.9. The molecule has 0 aliphatic carbocycles. The molecule has 4 aromatic rings. The maximum Gasteiger partial charge on any atom is 0.260 e. The van der Waals surface area contributed by atoms with Gasteiger partial charge in [-0.3, -0.25) is 9.89 Å². The van der Waals surface area contributed by atoms with Crippen molar-refractivity contribution in [2.45, 2.75) is 37.4 Å². The third-order valence-electron chi connectivity index (χ3n) is 7.11. The number of anilines is 2. The Hall–Kier alpha value is -4.27. The minimum atomic E-state index is -4.34. The number of aromatic nitrogens is 3. The normalized spacial score (nSPS) is 14.3. The van der Waals surface area contributed by atoms with Crippen LogP contribution >= 0.6 is 11.6 Å². The molecule has 3 heterocycles. The molecule has 1 aliphatic rings. The van der Waals surface area contributed by atoms with Gasteiger partial charge >= 0.3 is 0 Å². The number of carbonyl (C=O) groups is 1. The largest absolute Gasteiger partial charge is 0.497 e. The highest BCUT2D eigenvalue weighted by Crippen LogP contribution is 2.44. The van der Waals surface area contributed by atoms with Gasteiger partial charge in [0.1, 0.15) is 34.1 Å². The molecule has 0 unspecified atom stereocenters. The minimum absolute atomic E-state index is 0.0916. The third-order valence-corrected chi connectivity index (χ3v) is 9.31. The van der Waals surface area contributed by atoms with E-state index in [2.05, 4.69) is 25.8 Å². The summed E-state index contributed by atoms with van der Waals surface area (Å²) in [5, 5.41) is 13.0. The molecule has 0 atom stereocenters. The van der Waals surface area contributed by atoms with E-state index in [4.69, 9.17) is 21.1 Å². The van der Waals surface area contributed by atoms with Gasteiger partial charge in [-0.2, -0.15) is 9.40 Å². The zero-order chi connectivity index (χ0) is 31.1. The van der Waals surface area contributed by atoms with Gasteiger partial charge in [0.25, 0.3) is 5.91 Å². The summed E-state index contributed by atoms with van der Waals surface area (Å²) in [5.41, 5.74) is 0.549. The summed E-state index contributed by atoms with van der Waals surface area (Å²) in [6, 6.07) is 10.4. The molecule has 2 aromatic heterocycles. The number of H-pyrrole nitrogens is 1. The first-order chi connectivity index (χ1) is 20.3. The van der Waals surface area contributed by atoms with Crippen LogP contribution in [-0.4, -0.2) is 48.0 Å². The summed E-state index contributed by atoms with van der Waals surface area (Å²) in [5.74, 6) is -1.17. The van der Waals surface area contributed by atoms with Crippen LogP contribution in [0.15, 0.2) is 53.4 Å². The van der Waals surface area contributed by atoms with Gasteiger partial charge in [-0.05, 0) is 50.2 Å². The van der Waals surface area contributed by atoms with Crippen molar-refractivity contribution in [1.29, 1.82) is 0 Å². The van der Waals surface area contributed by atoms with Crippen LogP contribution in [0.1, 0.15) is 41.0 Å². The Labute approximate surface area is 251 Å². The van der Waals surface area contributed by atoms with Gasteiger partial charge in [-0.25, -0.2) is 22.2 Å². The first-order valence-electron chi connectivity index (χ1n) is 12.8. The highest BCUT2D eigenvalue weighted by atomic mass is 35.5. The Morgan fingerprint density at radius 2 is 1.79 bits per heavy atom. The van der Waals surface area contributed by atoms with Crippen LogP contribution in [0, 0.1) is 11.6 Å². The topological polar surface area (TPSA) is 139 Å². The second-order valence-corrected chi connectivity index (χ2v) is 12.4. The number of aromatic amines is 1. The van der Waals surface area contributed by atoms with Gasteiger partial charge in [0.05, 0.1) is 35.9 Å². The van der Waals surface area contributed by atoms with Gasteiger partial charge in [0, 0.05) is 36.3 Å². The van der Waals surface area contributed by atoms with Crippen molar-refractivity contribution in [1.82, 2.24) is 19.5 Å². The van der Waals surface area contributed by atoms with Crippen LogP contribution in [0.5, 0.6) is 11.5 Å². The molecule has 1 amide bonds. The first kappa shape index (κ1) is 30.2. The summed E-state index contributed by atoms with van der Waals surface area (Å²) in [6.07, 6.45) is 0. The van der Waals surface area contributed by atoms with Gasteiger partial charge in [0.2, 0.25) is 10.0 Å². The molecule has 0 fully saturated rings. The highest BCUT2D eigenvalue weighted by molar-refractivity contribution is 7.89. The molecule has 43 heavy (non-hydrogen) atoms. The number of rotatable bonds is 9. The number of benzene rings is 2. The second-order valence-electron chi connectivity index (χ2n) is 10.1. The van der Waals surface area contributed by atoms with Crippen molar-refractivity contribution >= 4 is 39.2 Å². The number of pyridine rings is 1. The van der Waals surface area contributed by atoms with Crippen LogP contribution in [0.2, 0.25) is 5.15 Å². The summed E-state index contributed by atoms with van der Waals surface area (Å²) in [7, 11) is -1.27. The lowest BCUT2D eigenvalue weighted by molar-refractivity contribution is 0.102. The Bertz CT molecular complexity index is 1810. The van der Waals surface area contributed by atoms with E-state index in [0.29, 0.717) is 28.8 Å².